The number of aryl methyl sites for hydroxylation is 1. The molecule has 3 aliphatic rings. The van der Waals surface area contributed by atoms with Crippen LogP contribution in [0.5, 0.6) is 5.75 Å². The van der Waals surface area contributed by atoms with Crippen LogP contribution >= 0.6 is 11.3 Å². The quantitative estimate of drug-likeness (QED) is 0.351. The normalized spacial score (nSPS) is 26.8. The van der Waals surface area contributed by atoms with E-state index in [4.69, 9.17) is 0 Å². The van der Waals surface area contributed by atoms with Crippen LogP contribution in [0.15, 0.2) is 65.4 Å². The number of hydrogen-bond donors (Lipinski definition) is 2. The van der Waals surface area contributed by atoms with Crippen molar-refractivity contribution in [1.82, 2.24) is 15.1 Å². The zero-order chi connectivity index (χ0) is 27.5. The number of piperidine rings is 1. The Morgan fingerprint density at radius 2 is 1.98 bits per heavy atom. The highest BCUT2D eigenvalue weighted by molar-refractivity contribution is 7.07. The summed E-state index contributed by atoms with van der Waals surface area (Å²) in [5.74, 6) is 0.953. The lowest BCUT2D eigenvalue weighted by molar-refractivity contribution is -0.123. The van der Waals surface area contributed by atoms with Gasteiger partial charge in [0.25, 0.3) is 0 Å². The lowest BCUT2D eigenvalue weighted by Crippen LogP contribution is -2.61. The van der Waals surface area contributed by atoms with Gasteiger partial charge in [-0.1, -0.05) is 43.3 Å². The fourth-order valence-electron chi connectivity index (χ4n) is 7.74. The fourth-order valence-corrected chi connectivity index (χ4v) is 8.44. The molecule has 212 valence electrons. The van der Waals surface area contributed by atoms with Crippen molar-refractivity contribution in [2.45, 2.75) is 75.9 Å². The van der Waals surface area contributed by atoms with E-state index in [1.54, 1.807) is 17.4 Å². The maximum atomic E-state index is 13.3. The topological polar surface area (TPSA) is 55.8 Å². The van der Waals surface area contributed by atoms with Crippen LogP contribution in [0, 0.1) is 5.92 Å². The zero-order valence-corrected chi connectivity index (χ0v) is 24.5. The number of fused-ring (bicyclic) bond motifs is 3. The minimum absolute atomic E-state index is 0.0277. The van der Waals surface area contributed by atoms with Crippen molar-refractivity contribution in [2.75, 3.05) is 26.2 Å². The molecule has 2 aliphatic heterocycles. The summed E-state index contributed by atoms with van der Waals surface area (Å²) in [4.78, 5) is 18.4. The summed E-state index contributed by atoms with van der Waals surface area (Å²) in [6.45, 7) is 7.31. The van der Waals surface area contributed by atoms with Gasteiger partial charge in [0.2, 0.25) is 5.91 Å². The average Bonchev–Trinajstić information content (AvgIpc) is 3.48. The molecule has 2 bridgehead atoms. The van der Waals surface area contributed by atoms with Crippen LogP contribution in [0.1, 0.15) is 61.3 Å². The summed E-state index contributed by atoms with van der Waals surface area (Å²) in [5.41, 5.74) is 5.49. The number of carbonyl (C=O) groups is 1. The number of amides is 1. The van der Waals surface area contributed by atoms with Crippen molar-refractivity contribution >= 4 is 17.2 Å². The van der Waals surface area contributed by atoms with Gasteiger partial charge in [0.05, 0.1) is 0 Å². The molecule has 1 saturated carbocycles. The zero-order valence-electron chi connectivity index (χ0n) is 23.7. The predicted molar refractivity (Wildman–Crippen MR) is 163 cm³/mol. The molecule has 6 rings (SSSR count). The minimum Gasteiger partial charge on any atom is -0.508 e. The number of nitrogens with one attached hydrogen (secondary N) is 1. The van der Waals surface area contributed by atoms with Gasteiger partial charge in [-0.25, -0.2) is 0 Å². The second-order valence-corrected chi connectivity index (χ2v) is 13.2. The second-order valence-electron chi connectivity index (χ2n) is 12.4. The smallest absolute Gasteiger partial charge is 0.221 e. The van der Waals surface area contributed by atoms with Crippen molar-refractivity contribution in [3.8, 4) is 5.75 Å². The van der Waals surface area contributed by atoms with Crippen molar-refractivity contribution in [2.24, 2.45) is 5.92 Å². The van der Waals surface area contributed by atoms with Crippen LogP contribution in [0.2, 0.25) is 0 Å². The number of carbonyl (C=O) groups excluding carboxylic acids is 1. The number of phenolic OH excluding ortho intramolecular Hbond substituents is 1. The third-order valence-electron chi connectivity index (χ3n) is 9.88. The number of nitrogens with zero attached hydrogens (tertiary/aromatic N) is 2. The molecule has 5 nitrogen and oxygen atoms in total. The number of hydrogen-bond acceptors (Lipinski definition) is 5. The van der Waals surface area contributed by atoms with Gasteiger partial charge in [0.15, 0.2) is 0 Å². The van der Waals surface area contributed by atoms with Crippen molar-refractivity contribution < 1.29 is 9.90 Å². The number of benzene rings is 2. The summed E-state index contributed by atoms with van der Waals surface area (Å²) < 4.78 is 0. The van der Waals surface area contributed by atoms with E-state index < -0.39 is 0 Å². The van der Waals surface area contributed by atoms with E-state index in [2.05, 4.69) is 69.2 Å². The Hall–Kier alpha value is -2.67. The molecule has 0 radical (unpaired) electrons. The first kappa shape index (κ1) is 27.5. The largest absolute Gasteiger partial charge is 0.508 e. The van der Waals surface area contributed by atoms with Crippen molar-refractivity contribution in [3.63, 3.8) is 0 Å². The number of likely N-dealkylation sites (tertiary alicyclic amines) is 1. The molecule has 40 heavy (non-hydrogen) atoms. The van der Waals surface area contributed by atoms with Gasteiger partial charge in [-0.2, -0.15) is 11.3 Å². The van der Waals surface area contributed by atoms with Crippen molar-refractivity contribution in [3.05, 3.63) is 87.6 Å². The van der Waals surface area contributed by atoms with Crippen LogP contribution in [0.3, 0.4) is 0 Å². The Bertz CT molecular complexity index is 1290. The van der Waals surface area contributed by atoms with E-state index in [0.717, 1.165) is 71.2 Å². The van der Waals surface area contributed by atoms with Crippen LogP contribution in [-0.2, 0) is 29.6 Å². The number of thiophene rings is 1. The Kier molecular flexibility index (Phi) is 8.29. The molecule has 2 fully saturated rings. The molecule has 1 aromatic heterocycles. The Balaban J connectivity index is 1.12. The van der Waals surface area contributed by atoms with Crippen LogP contribution in [-0.4, -0.2) is 59.1 Å². The fraction of sp³-hybridized carbons (Fsp3) is 0.500. The SMILES string of the molecule is CC1CN(CCCc2ccsc2)C2C[C@H](NC(=O)CCN3CCc4ccccc4C3)CC1(c1cccc(O)c1)C2. The van der Waals surface area contributed by atoms with Crippen LogP contribution in [0.25, 0.3) is 0 Å². The predicted octanol–water partition coefficient (Wildman–Crippen LogP) is 5.76. The third-order valence-corrected chi connectivity index (χ3v) is 10.6. The van der Waals surface area contributed by atoms with E-state index >= 15 is 0 Å². The number of aromatic hydroxyl groups is 1. The molecule has 3 unspecified atom stereocenters. The van der Waals surface area contributed by atoms with Gasteiger partial charge < -0.3 is 10.4 Å². The highest BCUT2D eigenvalue weighted by Gasteiger charge is 2.51. The number of phenols is 1. The molecule has 1 amide bonds. The molecule has 4 atom stereocenters. The van der Waals surface area contributed by atoms with Gasteiger partial charge in [0, 0.05) is 50.1 Å². The highest BCUT2D eigenvalue weighted by atomic mass is 32.1. The molecule has 1 saturated heterocycles. The van der Waals surface area contributed by atoms with E-state index in [-0.39, 0.29) is 17.4 Å². The first-order valence-electron chi connectivity index (χ1n) is 15.1. The van der Waals surface area contributed by atoms with Crippen molar-refractivity contribution in [1.29, 1.82) is 0 Å². The molecule has 6 heteroatoms. The second kappa shape index (κ2) is 12.1. The van der Waals surface area contributed by atoms with Gasteiger partial charge in [-0.15, -0.1) is 0 Å². The van der Waals surface area contributed by atoms with Gasteiger partial charge in [0.1, 0.15) is 5.75 Å². The van der Waals surface area contributed by atoms with Gasteiger partial charge in [-0.05, 0) is 102 Å². The first-order chi connectivity index (χ1) is 19.5. The molecule has 3 heterocycles. The molecule has 0 spiro atoms. The monoisotopic (exact) mass is 557 g/mol. The molecule has 1 aliphatic carbocycles. The lowest BCUT2D eigenvalue weighted by atomic mass is 9.57. The summed E-state index contributed by atoms with van der Waals surface area (Å²) in [7, 11) is 0. The molecular formula is C34H43N3O2S. The van der Waals surface area contributed by atoms with E-state index in [1.807, 2.05) is 12.1 Å². The van der Waals surface area contributed by atoms with E-state index in [1.165, 1.54) is 22.3 Å². The molecular weight excluding hydrogens is 514 g/mol. The highest BCUT2D eigenvalue weighted by Crippen LogP contribution is 2.50. The number of rotatable bonds is 9. The summed E-state index contributed by atoms with van der Waals surface area (Å²) in [6, 6.07) is 19.4. The van der Waals surface area contributed by atoms with Crippen LogP contribution in [0.4, 0.5) is 0 Å². The van der Waals surface area contributed by atoms with E-state index in [9.17, 15) is 9.90 Å². The summed E-state index contributed by atoms with van der Waals surface area (Å²) >= 11 is 1.78. The molecule has 3 aromatic rings. The lowest BCUT2D eigenvalue weighted by Gasteiger charge is -2.56. The Morgan fingerprint density at radius 1 is 1.10 bits per heavy atom. The molecule has 2 aromatic carbocycles. The average molecular weight is 558 g/mol. The van der Waals surface area contributed by atoms with Crippen LogP contribution < -0.4 is 5.32 Å². The third kappa shape index (κ3) is 6.00. The maximum Gasteiger partial charge on any atom is 0.221 e. The first-order valence-corrected chi connectivity index (χ1v) is 16.1. The summed E-state index contributed by atoms with van der Waals surface area (Å²) in [5, 5.41) is 18.3. The molecule has 2 N–H and O–H groups in total. The standard InChI is InChI=1S/C34H43N3O2S/c1-25-22-37(14-5-6-26-13-17-40-24-26)31-19-30(20-34(25,21-31)29-9-4-10-32(38)18-29)35-33(39)12-16-36-15-11-27-7-2-3-8-28(27)23-36/h2-4,7-10,13,17-18,24-25,30-31,38H,5-6,11-12,14-16,19-23H2,1H3,(H,35,39)/t25?,30-,31?,34?/m0/s1. The Labute approximate surface area is 243 Å². The maximum absolute atomic E-state index is 13.3. The van der Waals surface area contributed by atoms with E-state index in [0.29, 0.717) is 24.1 Å². The minimum atomic E-state index is -0.0277. The summed E-state index contributed by atoms with van der Waals surface area (Å²) in [6.07, 6.45) is 6.94. The van der Waals surface area contributed by atoms with Gasteiger partial charge in [-0.3, -0.25) is 14.6 Å². The Morgan fingerprint density at radius 3 is 2.80 bits per heavy atom. The van der Waals surface area contributed by atoms with Gasteiger partial charge >= 0.3 is 0 Å².